The van der Waals surface area contributed by atoms with Gasteiger partial charge in [0, 0.05) is 43.8 Å². The van der Waals surface area contributed by atoms with E-state index < -0.39 is 5.54 Å². The lowest BCUT2D eigenvalue weighted by Gasteiger charge is -2.57. The summed E-state index contributed by atoms with van der Waals surface area (Å²) in [5.74, 6) is -0.135. The van der Waals surface area contributed by atoms with Gasteiger partial charge < -0.3 is 20.5 Å². The van der Waals surface area contributed by atoms with Crippen LogP contribution < -0.4 is 11.1 Å². The minimum atomic E-state index is -0.901. The number of anilines is 1. The summed E-state index contributed by atoms with van der Waals surface area (Å²) in [6.07, 6.45) is 1.58. The Morgan fingerprint density at radius 3 is 2.56 bits per heavy atom. The zero-order valence-corrected chi connectivity index (χ0v) is 16.8. The normalized spacial score (nSPS) is 27.8. The molecule has 6 heteroatoms. The SMILES string of the molecule is CCOC1CC(N)(C(=O)Nc2ccc(CCN3CCOCC3)cc2)C1(C)C. The molecule has 0 bridgehead atoms. The number of nitrogens with one attached hydrogen (secondary N) is 1. The number of ether oxygens (including phenoxy) is 2. The van der Waals surface area contributed by atoms with Crippen LogP contribution in [-0.4, -0.2) is 61.9 Å². The maximum atomic E-state index is 12.8. The first-order valence-electron chi connectivity index (χ1n) is 9.98. The van der Waals surface area contributed by atoms with Crippen molar-refractivity contribution in [2.24, 2.45) is 11.1 Å². The molecule has 0 aromatic heterocycles. The van der Waals surface area contributed by atoms with E-state index in [1.165, 1.54) is 5.56 Å². The number of benzene rings is 1. The van der Waals surface area contributed by atoms with Crippen molar-refractivity contribution >= 4 is 11.6 Å². The highest BCUT2D eigenvalue weighted by molar-refractivity contribution is 5.99. The summed E-state index contributed by atoms with van der Waals surface area (Å²) in [6, 6.07) is 8.07. The number of amides is 1. The molecule has 1 aliphatic heterocycles. The lowest BCUT2D eigenvalue weighted by Crippen LogP contribution is -2.74. The Bertz CT molecular complexity index is 641. The summed E-state index contributed by atoms with van der Waals surface area (Å²) in [7, 11) is 0. The molecule has 1 amide bonds. The van der Waals surface area contributed by atoms with Gasteiger partial charge in [-0.2, -0.15) is 0 Å². The van der Waals surface area contributed by atoms with Crippen LogP contribution in [0.4, 0.5) is 5.69 Å². The molecule has 3 rings (SSSR count). The van der Waals surface area contributed by atoms with Crippen molar-refractivity contribution in [3.05, 3.63) is 29.8 Å². The van der Waals surface area contributed by atoms with E-state index in [2.05, 4.69) is 22.3 Å². The summed E-state index contributed by atoms with van der Waals surface area (Å²) < 4.78 is 11.1. The van der Waals surface area contributed by atoms with Gasteiger partial charge in [0.2, 0.25) is 5.91 Å². The van der Waals surface area contributed by atoms with E-state index in [-0.39, 0.29) is 17.4 Å². The van der Waals surface area contributed by atoms with Gasteiger partial charge in [-0.1, -0.05) is 26.0 Å². The molecule has 1 aromatic carbocycles. The molecule has 2 unspecified atom stereocenters. The first kappa shape index (κ1) is 20.3. The van der Waals surface area contributed by atoms with Crippen LogP contribution in [0.15, 0.2) is 24.3 Å². The average Bonchev–Trinajstić information content (AvgIpc) is 2.68. The third-order valence-electron chi connectivity index (χ3n) is 6.27. The molecule has 1 aromatic rings. The van der Waals surface area contributed by atoms with Crippen molar-refractivity contribution in [2.75, 3.05) is 44.8 Å². The van der Waals surface area contributed by atoms with Gasteiger partial charge in [-0.25, -0.2) is 0 Å². The van der Waals surface area contributed by atoms with Crippen LogP contribution in [0.3, 0.4) is 0 Å². The molecular formula is C21H33N3O3. The number of carbonyl (C=O) groups is 1. The van der Waals surface area contributed by atoms with Gasteiger partial charge in [-0.3, -0.25) is 9.69 Å². The van der Waals surface area contributed by atoms with Crippen molar-refractivity contribution in [3.63, 3.8) is 0 Å². The quantitative estimate of drug-likeness (QED) is 0.763. The van der Waals surface area contributed by atoms with E-state index in [9.17, 15) is 4.79 Å². The van der Waals surface area contributed by atoms with Crippen LogP contribution in [0.1, 0.15) is 32.8 Å². The zero-order valence-electron chi connectivity index (χ0n) is 16.8. The van der Waals surface area contributed by atoms with Crippen LogP contribution in [0.25, 0.3) is 0 Å². The minimum Gasteiger partial charge on any atom is -0.379 e. The molecular weight excluding hydrogens is 342 g/mol. The average molecular weight is 376 g/mol. The van der Waals surface area contributed by atoms with Crippen LogP contribution in [0, 0.1) is 5.41 Å². The Morgan fingerprint density at radius 2 is 1.96 bits per heavy atom. The molecule has 0 spiro atoms. The molecule has 1 aliphatic carbocycles. The predicted molar refractivity (Wildman–Crippen MR) is 107 cm³/mol. The minimum absolute atomic E-state index is 0.0285. The molecule has 1 heterocycles. The first-order chi connectivity index (χ1) is 12.9. The summed E-state index contributed by atoms with van der Waals surface area (Å²) in [4.78, 5) is 15.2. The molecule has 1 saturated carbocycles. The lowest BCUT2D eigenvalue weighted by atomic mass is 9.54. The molecule has 2 atom stereocenters. The summed E-state index contributed by atoms with van der Waals surface area (Å²) in [5, 5.41) is 2.99. The van der Waals surface area contributed by atoms with Crippen LogP contribution in [0.5, 0.6) is 0 Å². The highest BCUT2D eigenvalue weighted by Gasteiger charge is 2.62. The van der Waals surface area contributed by atoms with E-state index >= 15 is 0 Å². The lowest BCUT2D eigenvalue weighted by molar-refractivity contribution is -0.166. The first-order valence-corrected chi connectivity index (χ1v) is 9.98. The molecule has 0 radical (unpaired) electrons. The predicted octanol–water partition coefficient (Wildman–Crippen LogP) is 2.03. The van der Waals surface area contributed by atoms with Gasteiger partial charge >= 0.3 is 0 Å². The third kappa shape index (κ3) is 4.19. The Morgan fingerprint density at radius 1 is 1.30 bits per heavy atom. The molecule has 150 valence electrons. The topological polar surface area (TPSA) is 76.8 Å². The van der Waals surface area contributed by atoms with Crippen LogP contribution in [-0.2, 0) is 20.7 Å². The summed E-state index contributed by atoms with van der Waals surface area (Å²) >= 11 is 0. The zero-order chi connectivity index (χ0) is 19.5. The Kier molecular flexibility index (Phi) is 6.21. The van der Waals surface area contributed by atoms with Gasteiger partial charge in [0.25, 0.3) is 0 Å². The van der Waals surface area contributed by atoms with Crippen molar-refractivity contribution in [1.29, 1.82) is 0 Å². The second kappa shape index (κ2) is 8.27. The largest absolute Gasteiger partial charge is 0.379 e. The standard InChI is InChI=1S/C21H33N3O3/c1-4-27-18-15-21(22,20(18,2)3)19(25)23-17-7-5-16(6-8-17)9-10-24-11-13-26-14-12-24/h5-8,18H,4,9-15,22H2,1-3H3,(H,23,25). The monoisotopic (exact) mass is 375 g/mol. The summed E-state index contributed by atoms with van der Waals surface area (Å²) in [5.41, 5.74) is 7.21. The van der Waals surface area contributed by atoms with E-state index in [1.54, 1.807) is 0 Å². The number of hydrogen-bond donors (Lipinski definition) is 2. The van der Waals surface area contributed by atoms with Crippen molar-refractivity contribution < 1.29 is 14.3 Å². The van der Waals surface area contributed by atoms with E-state index in [0.29, 0.717) is 13.0 Å². The van der Waals surface area contributed by atoms with Gasteiger partial charge in [0.05, 0.1) is 19.3 Å². The number of carbonyl (C=O) groups excluding carboxylic acids is 1. The fourth-order valence-corrected chi connectivity index (χ4v) is 3.93. The second-order valence-corrected chi connectivity index (χ2v) is 8.20. The van der Waals surface area contributed by atoms with Crippen LogP contribution in [0.2, 0.25) is 0 Å². The Labute approximate surface area is 162 Å². The molecule has 2 aliphatic rings. The highest BCUT2D eigenvalue weighted by atomic mass is 16.5. The molecule has 2 fully saturated rings. The Balaban J connectivity index is 1.52. The molecule has 1 saturated heterocycles. The highest BCUT2D eigenvalue weighted by Crippen LogP contribution is 2.50. The molecule has 6 nitrogen and oxygen atoms in total. The van der Waals surface area contributed by atoms with Gasteiger partial charge in [-0.15, -0.1) is 0 Å². The number of morpholine rings is 1. The smallest absolute Gasteiger partial charge is 0.245 e. The maximum absolute atomic E-state index is 12.8. The third-order valence-corrected chi connectivity index (χ3v) is 6.27. The van der Waals surface area contributed by atoms with Crippen molar-refractivity contribution in [3.8, 4) is 0 Å². The number of hydrogen-bond acceptors (Lipinski definition) is 5. The van der Waals surface area contributed by atoms with Crippen molar-refractivity contribution in [1.82, 2.24) is 4.90 Å². The number of rotatable bonds is 7. The van der Waals surface area contributed by atoms with E-state index in [1.807, 2.05) is 32.9 Å². The van der Waals surface area contributed by atoms with Gasteiger partial charge in [0.15, 0.2) is 0 Å². The van der Waals surface area contributed by atoms with Gasteiger partial charge in [-0.05, 0) is 31.0 Å². The number of nitrogens with zero attached hydrogens (tertiary/aromatic N) is 1. The van der Waals surface area contributed by atoms with E-state index in [4.69, 9.17) is 15.2 Å². The maximum Gasteiger partial charge on any atom is 0.245 e. The van der Waals surface area contributed by atoms with E-state index in [0.717, 1.165) is 45.0 Å². The fraction of sp³-hybridized carbons (Fsp3) is 0.667. The molecule has 3 N–H and O–H groups in total. The Hall–Kier alpha value is -1.47. The van der Waals surface area contributed by atoms with Crippen LogP contribution >= 0.6 is 0 Å². The number of nitrogens with two attached hydrogens (primary N) is 1. The molecule has 27 heavy (non-hydrogen) atoms. The summed E-state index contributed by atoms with van der Waals surface area (Å²) in [6.45, 7) is 11.3. The fourth-order valence-electron chi connectivity index (χ4n) is 3.93. The van der Waals surface area contributed by atoms with Crippen molar-refractivity contribution in [2.45, 2.75) is 45.3 Å². The van der Waals surface area contributed by atoms with Gasteiger partial charge in [0.1, 0.15) is 5.54 Å². The second-order valence-electron chi connectivity index (χ2n) is 8.20.